The van der Waals surface area contributed by atoms with Gasteiger partial charge < -0.3 is 10.2 Å². The van der Waals surface area contributed by atoms with Gasteiger partial charge in [0.2, 0.25) is 11.8 Å². The summed E-state index contributed by atoms with van der Waals surface area (Å²) in [6.45, 7) is 2.62. The molecule has 0 aromatic heterocycles. The van der Waals surface area contributed by atoms with Gasteiger partial charge in [-0.2, -0.15) is 5.26 Å². The highest BCUT2D eigenvalue weighted by Crippen LogP contribution is 2.12. The van der Waals surface area contributed by atoms with Gasteiger partial charge in [-0.15, -0.1) is 0 Å². The summed E-state index contributed by atoms with van der Waals surface area (Å²) in [7, 11) is 0. The Balaban J connectivity index is 1.41. The van der Waals surface area contributed by atoms with Crippen LogP contribution in [0.5, 0.6) is 0 Å². The number of halogens is 1. The number of rotatable bonds is 6. The van der Waals surface area contributed by atoms with E-state index in [0.717, 1.165) is 5.56 Å². The Hall–Kier alpha value is -3.24. The Kier molecular flexibility index (Phi) is 6.93. The van der Waals surface area contributed by atoms with Crippen molar-refractivity contribution in [1.82, 2.24) is 9.80 Å². The van der Waals surface area contributed by atoms with Gasteiger partial charge in [0.05, 0.1) is 18.2 Å². The van der Waals surface area contributed by atoms with Crippen molar-refractivity contribution in [3.63, 3.8) is 0 Å². The van der Waals surface area contributed by atoms with Crippen molar-refractivity contribution in [3.8, 4) is 6.07 Å². The van der Waals surface area contributed by atoms with E-state index in [0.29, 0.717) is 50.3 Å². The number of nitrogens with zero attached hydrogens (tertiary/aromatic N) is 3. The predicted octanol–water partition coefficient (Wildman–Crippen LogP) is 2.41. The van der Waals surface area contributed by atoms with Crippen LogP contribution >= 0.6 is 0 Å². The van der Waals surface area contributed by atoms with E-state index in [4.69, 9.17) is 5.26 Å². The minimum absolute atomic E-state index is 0.0631. The SMILES string of the molecule is N#Cc1ccccc1CCC(=O)N1CCN(CC(=O)Nc2ccc(F)cc2)CC1. The third-order valence-electron chi connectivity index (χ3n) is 4.97. The van der Waals surface area contributed by atoms with Crippen LogP contribution < -0.4 is 5.32 Å². The fraction of sp³-hybridized carbons (Fsp3) is 0.318. The van der Waals surface area contributed by atoms with Crippen LogP contribution in [0.3, 0.4) is 0 Å². The molecule has 150 valence electrons. The smallest absolute Gasteiger partial charge is 0.238 e. The number of nitriles is 1. The van der Waals surface area contributed by atoms with E-state index < -0.39 is 0 Å². The molecule has 0 spiro atoms. The second-order valence-electron chi connectivity index (χ2n) is 6.98. The van der Waals surface area contributed by atoms with Gasteiger partial charge in [-0.3, -0.25) is 14.5 Å². The van der Waals surface area contributed by atoms with Crippen LogP contribution in [-0.4, -0.2) is 54.3 Å². The summed E-state index contributed by atoms with van der Waals surface area (Å²) < 4.78 is 12.9. The number of nitrogens with one attached hydrogen (secondary N) is 1. The molecule has 6 nitrogen and oxygen atoms in total. The average molecular weight is 394 g/mol. The minimum Gasteiger partial charge on any atom is -0.340 e. The lowest BCUT2D eigenvalue weighted by molar-refractivity contribution is -0.133. The van der Waals surface area contributed by atoms with Crippen molar-refractivity contribution >= 4 is 17.5 Å². The molecule has 1 aliphatic rings. The highest BCUT2D eigenvalue weighted by atomic mass is 19.1. The zero-order chi connectivity index (χ0) is 20.6. The summed E-state index contributed by atoms with van der Waals surface area (Å²) in [4.78, 5) is 28.4. The van der Waals surface area contributed by atoms with Gasteiger partial charge in [-0.05, 0) is 42.3 Å². The summed E-state index contributed by atoms with van der Waals surface area (Å²) in [6, 6.07) is 15.1. The van der Waals surface area contributed by atoms with Gasteiger partial charge in [0, 0.05) is 38.3 Å². The molecule has 1 fully saturated rings. The van der Waals surface area contributed by atoms with Gasteiger partial charge in [0.15, 0.2) is 0 Å². The van der Waals surface area contributed by atoms with Crippen molar-refractivity contribution in [2.24, 2.45) is 0 Å². The highest BCUT2D eigenvalue weighted by Gasteiger charge is 2.22. The Morgan fingerprint density at radius 1 is 1.03 bits per heavy atom. The number of aryl methyl sites for hydroxylation is 1. The molecular formula is C22H23FN4O2. The summed E-state index contributed by atoms with van der Waals surface area (Å²) in [5, 5.41) is 11.9. The van der Waals surface area contributed by atoms with E-state index in [2.05, 4.69) is 11.4 Å². The fourth-order valence-corrected chi connectivity index (χ4v) is 3.34. The third-order valence-corrected chi connectivity index (χ3v) is 4.97. The molecular weight excluding hydrogens is 371 g/mol. The van der Waals surface area contributed by atoms with E-state index in [1.807, 2.05) is 28.0 Å². The molecule has 1 heterocycles. The first kappa shape index (κ1) is 20.5. The standard InChI is InChI=1S/C22H23FN4O2/c23-19-6-8-20(9-7-19)25-21(28)16-26-11-13-27(14-12-26)22(29)10-5-17-3-1-2-4-18(17)15-24/h1-4,6-9H,5,10-14,16H2,(H,25,28). The van der Waals surface area contributed by atoms with Crippen LogP contribution in [0.25, 0.3) is 0 Å². The molecule has 0 bridgehead atoms. The van der Waals surface area contributed by atoms with Crippen LogP contribution in [-0.2, 0) is 16.0 Å². The topological polar surface area (TPSA) is 76.4 Å². The molecule has 2 aromatic rings. The van der Waals surface area contributed by atoms with Gasteiger partial charge in [-0.1, -0.05) is 18.2 Å². The average Bonchev–Trinajstić information content (AvgIpc) is 2.74. The van der Waals surface area contributed by atoms with Crippen LogP contribution in [0.2, 0.25) is 0 Å². The molecule has 0 atom stereocenters. The Bertz CT molecular complexity index is 900. The van der Waals surface area contributed by atoms with Crippen LogP contribution in [0.4, 0.5) is 10.1 Å². The number of amides is 2. The van der Waals surface area contributed by atoms with Crippen molar-refractivity contribution in [1.29, 1.82) is 5.26 Å². The third kappa shape index (κ3) is 5.87. The lowest BCUT2D eigenvalue weighted by Crippen LogP contribution is -2.50. The van der Waals surface area contributed by atoms with Crippen molar-refractivity contribution in [3.05, 3.63) is 65.5 Å². The van der Waals surface area contributed by atoms with Crippen molar-refractivity contribution in [2.75, 3.05) is 38.0 Å². The summed E-state index contributed by atoms with van der Waals surface area (Å²) >= 11 is 0. The van der Waals surface area contributed by atoms with Crippen LogP contribution in [0.15, 0.2) is 48.5 Å². The highest BCUT2D eigenvalue weighted by molar-refractivity contribution is 5.92. The van der Waals surface area contributed by atoms with Crippen molar-refractivity contribution in [2.45, 2.75) is 12.8 Å². The van der Waals surface area contributed by atoms with Gasteiger partial charge in [0.25, 0.3) is 0 Å². The molecule has 3 rings (SSSR count). The zero-order valence-electron chi connectivity index (χ0n) is 16.1. The van der Waals surface area contributed by atoms with Gasteiger partial charge in [0.1, 0.15) is 5.82 Å². The molecule has 1 aliphatic heterocycles. The summed E-state index contributed by atoms with van der Waals surface area (Å²) in [6.07, 6.45) is 0.909. The number of carbonyl (C=O) groups is 2. The Morgan fingerprint density at radius 2 is 1.72 bits per heavy atom. The Labute approximate surface area is 169 Å². The van der Waals surface area contributed by atoms with Gasteiger partial charge >= 0.3 is 0 Å². The normalized spacial score (nSPS) is 14.3. The Morgan fingerprint density at radius 3 is 2.41 bits per heavy atom. The number of carbonyl (C=O) groups excluding carboxylic acids is 2. The van der Waals surface area contributed by atoms with Crippen LogP contribution in [0, 0.1) is 17.1 Å². The maximum absolute atomic E-state index is 12.9. The van der Waals surface area contributed by atoms with Gasteiger partial charge in [-0.25, -0.2) is 4.39 Å². The largest absolute Gasteiger partial charge is 0.340 e. The van der Waals surface area contributed by atoms with E-state index in [9.17, 15) is 14.0 Å². The fourth-order valence-electron chi connectivity index (χ4n) is 3.34. The first-order valence-electron chi connectivity index (χ1n) is 9.58. The molecule has 0 saturated carbocycles. The quantitative estimate of drug-likeness (QED) is 0.816. The second-order valence-corrected chi connectivity index (χ2v) is 6.98. The van der Waals surface area contributed by atoms with Crippen molar-refractivity contribution < 1.29 is 14.0 Å². The van der Waals surface area contributed by atoms with E-state index in [-0.39, 0.29) is 24.2 Å². The molecule has 1 N–H and O–H groups in total. The number of piperazine rings is 1. The van der Waals surface area contributed by atoms with E-state index in [1.165, 1.54) is 24.3 Å². The molecule has 2 aromatic carbocycles. The van der Waals surface area contributed by atoms with E-state index >= 15 is 0 Å². The number of hydrogen-bond donors (Lipinski definition) is 1. The molecule has 7 heteroatoms. The first-order chi connectivity index (χ1) is 14.0. The zero-order valence-corrected chi connectivity index (χ0v) is 16.1. The molecule has 0 aliphatic carbocycles. The molecule has 2 amide bonds. The second kappa shape index (κ2) is 9.80. The molecule has 0 unspecified atom stereocenters. The summed E-state index contributed by atoms with van der Waals surface area (Å²) in [5.41, 5.74) is 2.06. The minimum atomic E-state index is -0.347. The first-order valence-corrected chi connectivity index (χ1v) is 9.58. The maximum Gasteiger partial charge on any atom is 0.238 e. The monoisotopic (exact) mass is 394 g/mol. The number of anilines is 1. The molecule has 1 saturated heterocycles. The molecule has 0 radical (unpaired) electrons. The lowest BCUT2D eigenvalue weighted by atomic mass is 10.0. The summed E-state index contributed by atoms with van der Waals surface area (Å²) in [5.74, 6) is -0.447. The maximum atomic E-state index is 12.9. The lowest BCUT2D eigenvalue weighted by Gasteiger charge is -2.34. The van der Waals surface area contributed by atoms with E-state index in [1.54, 1.807) is 6.07 Å². The number of benzene rings is 2. The number of hydrogen-bond acceptors (Lipinski definition) is 4. The van der Waals surface area contributed by atoms with Crippen LogP contribution in [0.1, 0.15) is 17.5 Å². The molecule has 29 heavy (non-hydrogen) atoms. The predicted molar refractivity (Wildman–Crippen MR) is 108 cm³/mol.